The Kier molecular flexibility index (Phi) is 5.93. The van der Waals surface area contributed by atoms with Crippen LogP contribution in [0.15, 0.2) is 0 Å². The molecule has 0 saturated carbocycles. The number of carboxylic acid groups (broad SMARTS) is 1. The lowest BCUT2D eigenvalue weighted by atomic mass is 10.1. The standard InChI is InChI=1S/C9H17NO3/c1-3-8(10-7(2)11)5-4-6-9(12)13/h8H,3-6H2,1-2H3,(H,10,11)(H,12,13). The van der Waals surface area contributed by atoms with Crippen LogP contribution in [0, 0.1) is 0 Å². The molecule has 0 aromatic heterocycles. The minimum Gasteiger partial charge on any atom is -0.481 e. The van der Waals surface area contributed by atoms with Crippen LogP contribution in [0.4, 0.5) is 0 Å². The summed E-state index contributed by atoms with van der Waals surface area (Å²) in [6.45, 7) is 3.45. The maximum atomic E-state index is 10.7. The lowest BCUT2D eigenvalue weighted by Gasteiger charge is -2.14. The first-order valence-corrected chi connectivity index (χ1v) is 4.55. The van der Waals surface area contributed by atoms with Gasteiger partial charge in [-0.3, -0.25) is 9.59 Å². The molecule has 1 amide bonds. The number of hydrogen-bond acceptors (Lipinski definition) is 2. The lowest BCUT2D eigenvalue weighted by Crippen LogP contribution is -2.32. The number of carboxylic acids is 1. The van der Waals surface area contributed by atoms with E-state index in [-0.39, 0.29) is 18.4 Å². The average molecular weight is 187 g/mol. The molecular weight excluding hydrogens is 170 g/mol. The van der Waals surface area contributed by atoms with Crippen molar-refractivity contribution in [3.63, 3.8) is 0 Å². The van der Waals surface area contributed by atoms with Gasteiger partial charge in [0.05, 0.1) is 0 Å². The van der Waals surface area contributed by atoms with Crippen LogP contribution in [-0.4, -0.2) is 23.0 Å². The van der Waals surface area contributed by atoms with E-state index >= 15 is 0 Å². The van der Waals surface area contributed by atoms with Gasteiger partial charge in [0, 0.05) is 19.4 Å². The van der Waals surface area contributed by atoms with Crippen molar-refractivity contribution in [2.45, 2.75) is 45.6 Å². The molecule has 76 valence electrons. The number of carbonyl (C=O) groups is 2. The highest BCUT2D eigenvalue weighted by molar-refractivity contribution is 5.73. The third-order valence-electron chi connectivity index (χ3n) is 1.84. The Labute approximate surface area is 78.3 Å². The molecule has 0 aliphatic heterocycles. The van der Waals surface area contributed by atoms with E-state index in [0.717, 1.165) is 12.8 Å². The maximum Gasteiger partial charge on any atom is 0.303 e. The van der Waals surface area contributed by atoms with Gasteiger partial charge in [-0.05, 0) is 19.3 Å². The summed E-state index contributed by atoms with van der Waals surface area (Å²) in [5.74, 6) is -0.833. The molecule has 0 aliphatic carbocycles. The van der Waals surface area contributed by atoms with E-state index in [2.05, 4.69) is 5.32 Å². The van der Waals surface area contributed by atoms with E-state index in [4.69, 9.17) is 5.11 Å². The zero-order valence-electron chi connectivity index (χ0n) is 8.17. The van der Waals surface area contributed by atoms with Crippen LogP contribution in [-0.2, 0) is 9.59 Å². The molecule has 1 unspecified atom stereocenters. The van der Waals surface area contributed by atoms with Gasteiger partial charge in [0.2, 0.25) is 5.91 Å². The summed E-state index contributed by atoms with van der Waals surface area (Å²) in [7, 11) is 0. The van der Waals surface area contributed by atoms with Gasteiger partial charge < -0.3 is 10.4 Å². The van der Waals surface area contributed by atoms with Crippen LogP contribution in [0.25, 0.3) is 0 Å². The summed E-state index contributed by atoms with van der Waals surface area (Å²) in [6, 6.07) is 0.122. The highest BCUT2D eigenvalue weighted by Crippen LogP contribution is 2.04. The monoisotopic (exact) mass is 187 g/mol. The van der Waals surface area contributed by atoms with E-state index < -0.39 is 5.97 Å². The van der Waals surface area contributed by atoms with Gasteiger partial charge in [0.15, 0.2) is 0 Å². The molecular formula is C9H17NO3. The Morgan fingerprint density at radius 1 is 1.46 bits per heavy atom. The van der Waals surface area contributed by atoms with Gasteiger partial charge in [-0.25, -0.2) is 0 Å². The molecule has 4 nitrogen and oxygen atoms in total. The molecule has 0 heterocycles. The number of carbonyl (C=O) groups excluding carboxylic acids is 1. The average Bonchev–Trinajstić information content (AvgIpc) is 2.01. The third-order valence-corrected chi connectivity index (χ3v) is 1.84. The quantitative estimate of drug-likeness (QED) is 0.655. The molecule has 0 aromatic rings. The SMILES string of the molecule is CCC(CCCC(=O)O)NC(C)=O. The fourth-order valence-corrected chi connectivity index (χ4v) is 1.17. The van der Waals surface area contributed by atoms with E-state index in [1.165, 1.54) is 6.92 Å². The van der Waals surface area contributed by atoms with Crippen LogP contribution < -0.4 is 5.32 Å². The first kappa shape index (κ1) is 11.9. The first-order valence-electron chi connectivity index (χ1n) is 4.55. The van der Waals surface area contributed by atoms with Gasteiger partial charge in [0.1, 0.15) is 0 Å². The molecule has 0 saturated heterocycles. The summed E-state index contributed by atoms with van der Waals surface area (Å²) < 4.78 is 0. The zero-order valence-corrected chi connectivity index (χ0v) is 8.17. The number of nitrogens with one attached hydrogen (secondary N) is 1. The fourth-order valence-electron chi connectivity index (χ4n) is 1.17. The zero-order chi connectivity index (χ0) is 10.3. The first-order chi connectivity index (χ1) is 6.06. The second-order valence-electron chi connectivity index (χ2n) is 3.09. The van der Waals surface area contributed by atoms with Crippen LogP contribution >= 0.6 is 0 Å². The van der Waals surface area contributed by atoms with Crippen LogP contribution in [0.3, 0.4) is 0 Å². The summed E-state index contributed by atoms with van der Waals surface area (Å²) in [5, 5.41) is 11.2. The van der Waals surface area contributed by atoms with E-state index in [1.807, 2.05) is 6.92 Å². The Balaban J connectivity index is 3.59. The topological polar surface area (TPSA) is 66.4 Å². The smallest absolute Gasteiger partial charge is 0.303 e. The Hall–Kier alpha value is -1.06. The van der Waals surface area contributed by atoms with Gasteiger partial charge in [-0.2, -0.15) is 0 Å². The summed E-state index contributed by atoms with van der Waals surface area (Å²) >= 11 is 0. The molecule has 0 spiro atoms. The largest absolute Gasteiger partial charge is 0.481 e. The summed E-state index contributed by atoms with van der Waals surface area (Å²) in [4.78, 5) is 20.9. The molecule has 0 aliphatic rings. The molecule has 4 heteroatoms. The Morgan fingerprint density at radius 3 is 2.46 bits per heavy atom. The van der Waals surface area contributed by atoms with Crippen molar-refractivity contribution in [2.24, 2.45) is 0 Å². The number of amides is 1. The summed E-state index contributed by atoms with van der Waals surface area (Å²) in [6.07, 6.45) is 2.38. The Bertz CT molecular complexity index is 180. The van der Waals surface area contributed by atoms with E-state index in [9.17, 15) is 9.59 Å². The molecule has 0 fully saturated rings. The minimum atomic E-state index is -0.780. The van der Waals surface area contributed by atoms with Gasteiger partial charge in [-0.1, -0.05) is 6.92 Å². The second-order valence-corrected chi connectivity index (χ2v) is 3.09. The van der Waals surface area contributed by atoms with Crippen LogP contribution in [0.1, 0.15) is 39.5 Å². The number of aliphatic carboxylic acids is 1. The predicted octanol–water partition coefficient (Wildman–Crippen LogP) is 1.16. The summed E-state index contributed by atoms with van der Waals surface area (Å²) in [5.41, 5.74) is 0. The maximum absolute atomic E-state index is 10.7. The molecule has 0 radical (unpaired) electrons. The minimum absolute atomic E-state index is 0.0535. The van der Waals surface area contributed by atoms with Crippen molar-refractivity contribution in [1.82, 2.24) is 5.32 Å². The predicted molar refractivity (Wildman–Crippen MR) is 49.4 cm³/mol. The van der Waals surface area contributed by atoms with Crippen molar-refractivity contribution < 1.29 is 14.7 Å². The third kappa shape index (κ3) is 7.31. The van der Waals surface area contributed by atoms with Gasteiger partial charge >= 0.3 is 5.97 Å². The highest BCUT2D eigenvalue weighted by Gasteiger charge is 2.07. The van der Waals surface area contributed by atoms with E-state index in [1.54, 1.807) is 0 Å². The molecule has 0 bridgehead atoms. The van der Waals surface area contributed by atoms with Crippen molar-refractivity contribution in [1.29, 1.82) is 0 Å². The van der Waals surface area contributed by atoms with Crippen molar-refractivity contribution in [3.8, 4) is 0 Å². The Morgan fingerprint density at radius 2 is 2.08 bits per heavy atom. The van der Waals surface area contributed by atoms with Crippen LogP contribution in [0.5, 0.6) is 0 Å². The number of rotatable bonds is 6. The molecule has 2 N–H and O–H groups in total. The van der Waals surface area contributed by atoms with Gasteiger partial charge in [0.25, 0.3) is 0 Å². The fraction of sp³-hybridized carbons (Fsp3) is 0.778. The second kappa shape index (κ2) is 6.46. The van der Waals surface area contributed by atoms with Crippen molar-refractivity contribution >= 4 is 11.9 Å². The van der Waals surface area contributed by atoms with Crippen molar-refractivity contribution in [2.75, 3.05) is 0 Å². The normalized spacial score (nSPS) is 12.2. The number of hydrogen-bond donors (Lipinski definition) is 2. The lowest BCUT2D eigenvalue weighted by molar-refractivity contribution is -0.137. The van der Waals surface area contributed by atoms with E-state index in [0.29, 0.717) is 6.42 Å². The van der Waals surface area contributed by atoms with Crippen LogP contribution in [0.2, 0.25) is 0 Å². The van der Waals surface area contributed by atoms with Gasteiger partial charge in [-0.15, -0.1) is 0 Å². The highest BCUT2D eigenvalue weighted by atomic mass is 16.4. The molecule has 0 rings (SSSR count). The molecule has 13 heavy (non-hydrogen) atoms. The molecule has 0 aromatic carbocycles. The molecule has 1 atom stereocenters. The van der Waals surface area contributed by atoms with Crippen molar-refractivity contribution in [3.05, 3.63) is 0 Å².